The number of carbonyl (C=O) groups is 1. The summed E-state index contributed by atoms with van der Waals surface area (Å²) in [6.07, 6.45) is 3.56. The van der Waals surface area contributed by atoms with E-state index in [1.165, 1.54) is 11.1 Å². The number of halogens is 1. The smallest absolute Gasteiger partial charge is 0.242 e. The van der Waals surface area contributed by atoms with Crippen molar-refractivity contribution in [1.29, 1.82) is 0 Å². The number of hydrogen-bond donors (Lipinski definition) is 2. The lowest BCUT2D eigenvalue weighted by Gasteiger charge is -2.21. The van der Waals surface area contributed by atoms with Crippen molar-refractivity contribution < 1.29 is 4.79 Å². The molecule has 1 amide bonds. The van der Waals surface area contributed by atoms with E-state index in [1.54, 1.807) is 17.9 Å². The number of nitrogens with one attached hydrogen (secondary N) is 2. The quantitative estimate of drug-likeness (QED) is 0.882. The third-order valence-corrected chi connectivity index (χ3v) is 3.86. The number of benzene rings is 1. The van der Waals surface area contributed by atoms with Gasteiger partial charge in [0.1, 0.15) is 6.04 Å². The van der Waals surface area contributed by atoms with Gasteiger partial charge in [-0.3, -0.25) is 9.48 Å². The molecule has 5 nitrogen and oxygen atoms in total. The summed E-state index contributed by atoms with van der Waals surface area (Å²) in [6.45, 7) is 6.15. The normalized spacial score (nSPS) is 13.1. The summed E-state index contributed by atoms with van der Waals surface area (Å²) in [5.74, 6) is -0.0528. The Labute approximate surface area is 143 Å². The molecular weight excluding hydrogens is 312 g/mol. The molecule has 0 saturated heterocycles. The van der Waals surface area contributed by atoms with Crippen molar-refractivity contribution in [2.75, 3.05) is 7.05 Å². The summed E-state index contributed by atoms with van der Waals surface area (Å²) in [5, 5.41) is 10.2. The highest BCUT2D eigenvalue weighted by Gasteiger charge is 2.22. The van der Waals surface area contributed by atoms with Crippen LogP contribution in [-0.4, -0.2) is 22.7 Å². The first kappa shape index (κ1) is 19.2. The van der Waals surface area contributed by atoms with Crippen LogP contribution in [0.15, 0.2) is 30.6 Å². The Morgan fingerprint density at radius 3 is 2.52 bits per heavy atom. The molecule has 0 aliphatic heterocycles. The third kappa shape index (κ3) is 4.56. The van der Waals surface area contributed by atoms with Crippen LogP contribution in [-0.2, 0) is 11.8 Å². The molecule has 1 heterocycles. The van der Waals surface area contributed by atoms with E-state index in [2.05, 4.69) is 47.8 Å². The zero-order valence-electron chi connectivity index (χ0n) is 14.3. The Morgan fingerprint density at radius 2 is 2.00 bits per heavy atom. The van der Waals surface area contributed by atoms with Gasteiger partial charge < -0.3 is 10.6 Å². The van der Waals surface area contributed by atoms with Crippen molar-refractivity contribution in [3.05, 3.63) is 52.8 Å². The maximum atomic E-state index is 12.5. The Balaban J connectivity index is 0.00000264. The van der Waals surface area contributed by atoms with Gasteiger partial charge in [0, 0.05) is 18.8 Å². The lowest BCUT2D eigenvalue weighted by Crippen LogP contribution is -2.37. The molecule has 0 radical (unpaired) electrons. The van der Waals surface area contributed by atoms with Gasteiger partial charge in [0.25, 0.3) is 0 Å². The second-order valence-electron chi connectivity index (χ2n) is 5.76. The van der Waals surface area contributed by atoms with Crippen LogP contribution in [0.25, 0.3) is 0 Å². The number of hydrogen-bond acceptors (Lipinski definition) is 3. The Kier molecular flexibility index (Phi) is 6.79. The minimum Gasteiger partial charge on any atom is -0.348 e. The SMILES string of the molecule is CNC(C(=O)NC(C)c1ccc(C)cc1C)c1cnn(C)c1.Cl. The van der Waals surface area contributed by atoms with Crippen molar-refractivity contribution in [3.63, 3.8) is 0 Å². The van der Waals surface area contributed by atoms with Gasteiger partial charge in [-0.1, -0.05) is 23.8 Å². The molecule has 2 atom stereocenters. The number of nitrogens with zero attached hydrogens (tertiary/aromatic N) is 2. The van der Waals surface area contributed by atoms with Crippen molar-refractivity contribution in [1.82, 2.24) is 20.4 Å². The number of likely N-dealkylation sites (N-methyl/N-ethyl adjacent to an activating group) is 1. The van der Waals surface area contributed by atoms with Crippen LogP contribution in [0.3, 0.4) is 0 Å². The molecule has 126 valence electrons. The van der Waals surface area contributed by atoms with E-state index >= 15 is 0 Å². The van der Waals surface area contributed by atoms with Gasteiger partial charge in [-0.2, -0.15) is 5.10 Å². The van der Waals surface area contributed by atoms with Crippen molar-refractivity contribution in [3.8, 4) is 0 Å². The lowest BCUT2D eigenvalue weighted by molar-refractivity contribution is -0.123. The van der Waals surface area contributed by atoms with Crippen LogP contribution in [0.1, 0.15) is 41.3 Å². The molecule has 2 aromatic rings. The lowest BCUT2D eigenvalue weighted by atomic mass is 10.00. The van der Waals surface area contributed by atoms with Gasteiger partial charge >= 0.3 is 0 Å². The van der Waals surface area contributed by atoms with Crippen molar-refractivity contribution in [2.24, 2.45) is 7.05 Å². The minimum absolute atomic E-state index is 0. The molecule has 0 aliphatic carbocycles. The van der Waals surface area contributed by atoms with Crippen molar-refractivity contribution >= 4 is 18.3 Å². The van der Waals surface area contributed by atoms with Gasteiger partial charge in [0.15, 0.2) is 0 Å². The Bertz CT molecular complexity index is 668. The van der Waals surface area contributed by atoms with Gasteiger partial charge in [-0.05, 0) is 38.9 Å². The zero-order chi connectivity index (χ0) is 16.3. The molecule has 0 bridgehead atoms. The summed E-state index contributed by atoms with van der Waals surface area (Å²) in [5.41, 5.74) is 4.41. The van der Waals surface area contributed by atoms with Crippen LogP contribution in [0.5, 0.6) is 0 Å². The van der Waals surface area contributed by atoms with Crippen LogP contribution >= 0.6 is 12.4 Å². The first-order valence-electron chi connectivity index (χ1n) is 7.45. The molecule has 2 N–H and O–H groups in total. The summed E-state index contributed by atoms with van der Waals surface area (Å²) >= 11 is 0. The number of rotatable bonds is 5. The first-order valence-corrected chi connectivity index (χ1v) is 7.45. The highest BCUT2D eigenvalue weighted by Crippen LogP contribution is 2.20. The van der Waals surface area contributed by atoms with Crippen LogP contribution < -0.4 is 10.6 Å². The molecule has 6 heteroatoms. The van der Waals surface area contributed by atoms with Gasteiger partial charge in [-0.15, -0.1) is 12.4 Å². The highest BCUT2D eigenvalue weighted by molar-refractivity contribution is 5.85. The van der Waals surface area contributed by atoms with Crippen LogP contribution in [0.2, 0.25) is 0 Å². The molecule has 2 unspecified atom stereocenters. The molecule has 0 saturated carbocycles. The Morgan fingerprint density at radius 1 is 1.30 bits per heavy atom. The summed E-state index contributed by atoms with van der Waals surface area (Å²) < 4.78 is 1.69. The molecule has 23 heavy (non-hydrogen) atoms. The number of amides is 1. The van der Waals surface area contributed by atoms with E-state index < -0.39 is 6.04 Å². The van der Waals surface area contributed by atoms with Gasteiger partial charge in [-0.25, -0.2) is 0 Å². The van der Waals surface area contributed by atoms with Crippen LogP contribution in [0, 0.1) is 13.8 Å². The van der Waals surface area contributed by atoms with Gasteiger partial charge in [0.2, 0.25) is 5.91 Å². The minimum atomic E-state index is -0.401. The number of carbonyl (C=O) groups excluding carboxylic acids is 1. The second kappa shape index (κ2) is 8.13. The molecule has 2 rings (SSSR count). The monoisotopic (exact) mass is 336 g/mol. The standard InChI is InChI=1S/C17H24N4O.ClH/c1-11-6-7-15(12(2)8-11)13(3)20-17(22)16(18-4)14-9-19-21(5)10-14;/h6-10,13,16,18H,1-5H3,(H,20,22);1H. The molecule has 0 aliphatic rings. The van der Waals surface area contributed by atoms with Gasteiger partial charge in [0.05, 0.1) is 12.2 Å². The fourth-order valence-electron chi connectivity index (χ4n) is 2.72. The fraction of sp³-hybridized carbons (Fsp3) is 0.412. The summed E-state index contributed by atoms with van der Waals surface area (Å²) in [4.78, 5) is 12.5. The average molecular weight is 337 g/mol. The number of aromatic nitrogens is 2. The summed E-state index contributed by atoms with van der Waals surface area (Å²) in [6, 6.07) is 5.84. The maximum absolute atomic E-state index is 12.5. The molecule has 1 aromatic heterocycles. The molecule has 0 spiro atoms. The third-order valence-electron chi connectivity index (χ3n) is 3.86. The predicted octanol–water partition coefficient (Wildman–Crippen LogP) is 2.60. The molecule has 0 fully saturated rings. The predicted molar refractivity (Wildman–Crippen MR) is 94.7 cm³/mol. The van der Waals surface area contributed by atoms with E-state index in [-0.39, 0.29) is 24.4 Å². The first-order chi connectivity index (χ1) is 10.4. The van der Waals surface area contributed by atoms with E-state index in [1.807, 2.05) is 20.2 Å². The van der Waals surface area contributed by atoms with Crippen LogP contribution in [0.4, 0.5) is 0 Å². The topological polar surface area (TPSA) is 59.0 Å². The highest BCUT2D eigenvalue weighted by atomic mass is 35.5. The zero-order valence-corrected chi connectivity index (χ0v) is 15.1. The van der Waals surface area contributed by atoms with E-state index in [4.69, 9.17) is 0 Å². The maximum Gasteiger partial charge on any atom is 0.242 e. The average Bonchev–Trinajstić information content (AvgIpc) is 2.85. The fourth-order valence-corrected chi connectivity index (χ4v) is 2.72. The van der Waals surface area contributed by atoms with E-state index in [0.717, 1.165) is 11.1 Å². The number of aryl methyl sites for hydroxylation is 3. The van der Waals surface area contributed by atoms with E-state index in [0.29, 0.717) is 0 Å². The second-order valence-corrected chi connectivity index (χ2v) is 5.76. The molecular formula is C17H25ClN4O. The Hall–Kier alpha value is -1.85. The molecule has 1 aromatic carbocycles. The largest absolute Gasteiger partial charge is 0.348 e. The van der Waals surface area contributed by atoms with Crippen molar-refractivity contribution in [2.45, 2.75) is 32.9 Å². The van der Waals surface area contributed by atoms with E-state index in [9.17, 15) is 4.79 Å². The summed E-state index contributed by atoms with van der Waals surface area (Å²) in [7, 11) is 3.62.